The molecule has 1 heterocycles. The molecule has 0 spiro atoms. The summed E-state index contributed by atoms with van der Waals surface area (Å²) in [6.45, 7) is 0.312. The number of carbonyl (C=O) groups excluding carboxylic acids is 1. The number of carbonyl (C=O) groups is 1. The molecule has 1 rings (SSSR count). The van der Waals surface area contributed by atoms with Gasteiger partial charge in [-0.25, -0.2) is 0 Å². The van der Waals surface area contributed by atoms with E-state index in [0.29, 0.717) is 17.4 Å². The van der Waals surface area contributed by atoms with E-state index in [4.69, 9.17) is 4.74 Å². The van der Waals surface area contributed by atoms with Gasteiger partial charge in [0.15, 0.2) is 5.78 Å². The molecule has 0 aromatic carbocycles. The average molecular weight is 186 g/mol. The molecule has 0 saturated carbocycles. The van der Waals surface area contributed by atoms with Crippen molar-refractivity contribution in [1.29, 1.82) is 0 Å². The van der Waals surface area contributed by atoms with Crippen LogP contribution in [0.25, 0.3) is 0 Å². The second-order valence-electron chi connectivity index (χ2n) is 2.16. The van der Waals surface area contributed by atoms with Gasteiger partial charge in [-0.2, -0.15) is 4.98 Å². The molecule has 1 aromatic heterocycles. The molecule has 0 atom stereocenters. The number of nitrogens with one attached hydrogen (secondary N) is 1. The fraction of sp³-hybridized carbons (Fsp3) is 0.429. The Morgan fingerprint density at radius 2 is 2.58 bits per heavy atom. The van der Waals surface area contributed by atoms with Gasteiger partial charge >= 0.3 is 0 Å². The van der Waals surface area contributed by atoms with Gasteiger partial charge < -0.3 is 10.1 Å². The van der Waals surface area contributed by atoms with Crippen molar-refractivity contribution in [3.63, 3.8) is 0 Å². The van der Waals surface area contributed by atoms with Crippen molar-refractivity contribution in [2.75, 3.05) is 20.7 Å². The molecule has 0 aliphatic heterocycles. The fourth-order valence-electron chi connectivity index (χ4n) is 0.730. The van der Waals surface area contributed by atoms with Gasteiger partial charge in [0.1, 0.15) is 5.69 Å². The van der Waals surface area contributed by atoms with Gasteiger partial charge in [0.25, 0.3) is 5.19 Å². The van der Waals surface area contributed by atoms with Crippen molar-refractivity contribution >= 4 is 17.1 Å². The molecule has 1 N–H and O–H groups in total. The number of Topliss-reactive ketones (excluding diaryl/α,β-unsaturated/α-hetero) is 1. The molecule has 1 aromatic rings. The van der Waals surface area contributed by atoms with Gasteiger partial charge in [-0.3, -0.25) is 4.79 Å². The highest BCUT2D eigenvalue weighted by molar-refractivity contribution is 7.11. The molecule has 0 unspecified atom stereocenters. The molecule has 4 nitrogen and oxygen atoms in total. The van der Waals surface area contributed by atoms with Crippen molar-refractivity contribution in [3.8, 4) is 5.19 Å². The molecule has 0 saturated heterocycles. The number of ketones is 1. The van der Waals surface area contributed by atoms with E-state index in [0.717, 1.165) is 0 Å². The molecule has 5 heteroatoms. The summed E-state index contributed by atoms with van der Waals surface area (Å²) in [4.78, 5) is 15.2. The molecule has 0 fully saturated rings. The topological polar surface area (TPSA) is 51.2 Å². The number of hydrogen-bond acceptors (Lipinski definition) is 5. The van der Waals surface area contributed by atoms with E-state index >= 15 is 0 Å². The SMILES string of the molecule is CNCC(=O)c1csc(OC)n1. The summed E-state index contributed by atoms with van der Waals surface area (Å²) in [7, 11) is 3.26. The largest absolute Gasteiger partial charge is 0.473 e. The minimum atomic E-state index is -0.0166. The normalized spacial score (nSPS) is 9.83. The van der Waals surface area contributed by atoms with Crippen LogP contribution in [0.1, 0.15) is 10.5 Å². The number of hydrogen-bond donors (Lipinski definition) is 1. The molecule has 0 aliphatic rings. The first-order valence-electron chi connectivity index (χ1n) is 3.45. The van der Waals surface area contributed by atoms with Crippen molar-refractivity contribution < 1.29 is 9.53 Å². The van der Waals surface area contributed by atoms with Crippen LogP contribution in [0.15, 0.2) is 5.38 Å². The molecule has 12 heavy (non-hydrogen) atoms. The lowest BCUT2D eigenvalue weighted by molar-refractivity contribution is 0.0989. The quantitative estimate of drug-likeness (QED) is 0.698. The minimum absolute atomic E-state index is 0.0166. The van der Waals surface area contributed by atoms with Crippen LogP contribution in [0.4, 0.5) is 0 Å². The summed E-state index contributed by atoms with van der Waals surface area (Å²) in [6, 6.07) is 0. The van der Waals surface area contributed by atoms with Crippen molar-refractivity contribution in [3.05, 3.63) is 11.1 Å². The van der Waals surface area contributed by atoms with Crippen molar-refractivity contribution in [2.45, 2.75) is 0 Å². The van der Waals surface area contributed by atoms with E-state index in [1.54, 1.807) is 12.4 Å². The smallest absolute Gasteiger partial charge is 0.273 e. The summed E-state index contributed by atoms with van der Waals surface area (Å²) in [5, 5.41) is 4.98. The van der Waals surface area contributed by atoms with Crippen molar-refractivity contribution in [2.24, 2.45) is 0 Å². The summed E-state index contributed by atoms with van der Waals surface area (Å²) >= 11 is 1.32. The summed E-state index contributed by atoms with van der Waals surface area (Å²) in [5.74, 6) is -0.0166. The van der Waals surface area contributed by atoms with E-state index in [-0.39, 0.29) is 5.78 Å². The average Bonchev–Trinajstić information content (AvgIpc) is 2.52. The van der Waals surface area contributed by atoms with E-state index in [9.17, 15) is 4.79 Å². The maximum Gasteiger partial charge on any atom is 0.273 e. The lowest BCUT2D eigenvalue weighted by Crippen LogP contribution is -2.18. The van der Waals surface area contributed by atoms with Gasteiger partial charge in [0, 0.05) is 5.38 Å². The number of methoxy groups -OCH3 is 1. The van der Waals surface area contributed by atoms with Gasteiger partial charge in [-0.15, -0.1) is 0 Å². The molecule has 0 amide bonds. The Morgan fingerprint density at radius 3 is 3.08 bits per heavy atom. The third kappa shape index (κ3) is 2.02. The van der Waals surface area contributed by atoms with Gasteiger partial charge in [0.05, 0.1) is 13.7 Å². The third-order valence-corrected chi connectivity index (χ3v) is 2.08. The van der Waals surface area contributed by atoms with Crippen molar-refractivity contribution in [1.82, 2.24) is 10.3 Å². The Bertz CT molecular complexity index is 272. The lowest BCUT2D eigenvalue weighted by Gasteiger charge is -1.93. The molecular formula is C7H10N2O2S. The van der Waals surface area contributed by atoms with Crippen LogP contribution in [0, 0.1) is 0 Å². The predicted molar refractivity (Wildman–Crippen MR) is 46.9 cm³/mol. The highest BCUT2D eigenvalue weighted by Crippen LogP contribution is 2.17. The van der Waals surface area contributed by atoms with E-state index in [2.05, 4.69) is 10.3 Å². The molecular weight excluding hydrogens is 176 g/mol. The van der Waals surface area contributed by atoms with Crippen LogP contribution >= 0.6 is 11.3 Å². The standard InChI is InChI=1S/C7H10N2O2S/c1-8-3-6(10)5-4-12-7(9-5)11-2/h4,8H,3H2,1-2H3. The number of aromatic nitrogens is 1. The number of ether oxygens (including phenoxy) is 1. The first-order valence-corrected chi connectivity index (χ1v) is 4.33. The maximum atomic E-state index is 11.2. The van der Waals surface area contributed by atoms with Crippen LogP contribution in [-0.2, 0) is 0 Å². The predicted octanol–water partition coefficient (Wildman–Crippen LogP) is 0.554. The molecule has 0 aliphatic carbocycles. The fourth-order valence-corrected chi connectivity index (χ4v) is 1.37. The monoisotopic (exact) mass is 186 g/mol. The molecule has 66 valence electrons. The van der Waals surface area contributed by atoms with Gasteiger partial charge in [0.2, 0.25) is 0 Å². The van der Waals surface area contributed by atoms with E-state index < -0.39 is 0 Å². The Balaban J connectivity index is 2.68. The summed E-state index contributed by atoms with van der Waals surface area (Å²) in [5.41, 5.74) is 0.464. The Kier molecular flexibility index (Phi) is 3.19. The number of rotatable bonds is 4. The van der Waals surface area contributed by atoms with E-state index in [1.165, 1.54) is 18.4 Å². The number of nitrogens with zero attached hydrogens (tertiary/aromatic N) is 1. The first-order chi connectivity index (χ1) is 5.77. The second kappa shape index (κ2) is 4.18. The highest BCUT2D eigenvalue weighted by Gasteiger charge is 2.09. The Labute approximate surface area is 74.6 Å². The Morgan fingerprint density at radius 1 is 1.83 bits per heavy atom. The van der Waals surface area contributed by atoms with Crippen LogP contribution in [0.5, 0.6) is 5.19 Å². The maximum absolute atomic E-state index is 11.2. The van der Waals surface area contributed by atoms with Gasteiger partial charge in [-0.1, -0.05) is 11.3 Å². The minimum Gasteiger partial charge on any atom is -0.473 e. The lowest BCUT2D eigenvalue weighted by atomic mass is 10.3. The number of thiazole rings is 1. The number of likely N-dealkylation sites (N-methyl/N-ethyl adjacent to an activating group) is 1. The van der Waals surface area contributed by atoms with Gasteiger partial charge in [-0.05, 0) is 7.05 Å². The van der Waals surface area contributed by atoms with Crippen LogP contribution in [-0.4, -0.2) is 31.5 Å². The zero-order chi connectivity index (χ0) is 8.97. The zero-order valence-electron chi connectivity index (χ0n) is 6.96. The van der Waals surface area contributed by atoms with E-state index in [1.807, 2.05) is 0 Å². The zero-order valence-corrected chi connectivity index (χ0v) is 7.77. The second-order valence-corrected chi connectivity index (χ2v) is 2.98. The molecule has 0 radical (unpaired) electrons. The molecule has 0 bridgehead atoms. The summed E-state index contributed by atoms with van der Waals surface area (Å²) in [6.07, 6.45) is 0. The highest BCUT2D eigenvalue weighted by atomic mass is 32.1. The van der Waals surface area contributed by atoms with Crippen LogP contribution in [0.3, 0.4) is 0 Å². The third-order valence-electron chi connectivity index (χ3n) is 1.28. The summed E-state index contributed by atoms with van der Waals surface area (Å²) < 4.78 is 4.86. The van der Waals surface area contributed by atoms with Crippen LogP contribution in [0.2, 0.25) is 0 Å². The first kappa shape index (κ1) is 9.15. The Hall–Kier alpha value is -0.940. The van der Waals surface area contributed by atoms with Crippen LogP contribution < -0.4 is 10.1 Å².